The van der Waals surface area contributed by atoms with Crippen molar-refractivity contribution < 1.29 is 5.11 Å². The Morgan fingerprint density at radius 3 is 2.80 bits per heavy atom. The van der Waals surface area contributed by atoms with E-state index >= 15 is 0 Å². The van der Waals surface area contributed by atoms with E-state index in [4.69, 9.17) is 0 Å². The lowest BCUT2D eigenvalue weighted by Gasteiger charge is -2.14. The highest BCUT2D eigenvalue weighted by Crippen LogP contribution is 2.25. The van der Waals surface area contributed by atoms with Gasteiger partial charge in [0, 0.05) is 7.05 Å². The van der Waals surface area contributed by atoms with Crippen molar-refractivity contribution in [3.63, 3.8) is 0 Å². The Hall–Kier alpha value is -0.870. The van der Waals surface area contributed by atoms with Crippen LogP contribution in [0.3, 0.4) is 0 Å². The van der Waals surface area contributed by atoms with Gasteiger partial charge in [-0.15, -0.1) is 0 Å². The number of hydrogen-bond donors (Lipinski definition) is 2. The largest absolute Gasteiger partial charge is 0.391 e. The van der Waals surface area contributed by atoms with Gasteiger partial charge in [0.25, 0.3) is 0 Å². The minimum absolute atomic E-state index is 0.0509. The van der Waals surface area contributed by atoms with Crippen LogP contribution >= 0.6 is 0 Å². The van der Waals surface area contributed by atoms with Crippen LogP contribution in [0.2, 0.25) is 0 Å². The van der Waals surface area contributed by atoms with Crippen LogP contribution in [0.25, 0.3) is 0 Å². The van der Waals surface area contributed by atoms with Crippen molar-refractivity contribution in [1.29, 1.82) is 0 Å². The summed E-state index contributed by atoms with van der Waals surface area (Å²) in [5.41, 5.74) is 2.18. The fourth-order valence-corrected chi connectivity index (χ4v) is 2.07. The molecule has 1 fully saturated rings. The maximum absolute atomic E-state index is 9.81. The molecular formula is C11H19N3O. The molecule has 1 aliphatic heterocycles. The smallest absolute Gasteiger partial charge is 0.0762 e. The molecule has 2 N–H and O–H groups in total. The summed E-state index contributed by atoms with van der Waals surface area (Å²) in [6, 6.07) is 2.15. The molecular weight excluding hydrogens is 190 g/mol. The first kappa shape index (κ1) is 10.6. The summed E-state index contributed by atoms with van der Waals surface area (Å²) in [6.07, 6.45) is 0.549. The van der Waals surface area contributed by atoms with Gasteiger partial charge in [-0.25, -0.2) is 0 Å². The molecule has 15 heavy (non-hydrogen) atoms. The molecule has 0 spiro atoms. The molecule has 1 aromatic heterocycles. The van der Waals surface area contributed by atoms with E-state index in [1.54, 1.807) is 0 Å². The van der Waals surface area contributed by atoms with Crippen LogP contribution < -0.4 is 5.32 Å². The Balaban J connectivity index is 2.27. The Kier molecular flexibility index (Phi) is 2.80. The van der Waals surface area contributed by atoms with Gasteiger partial charge < -0.3 is 10.4 Å². The standard InChI is InChI=1S/C11H19N3O/c1-7(2)8-6-9(14(3)13-8)11-10(15)4-5-12-11/h6-7,10-12,15H,4-5H2,1-3H3. The monoisotopic (exact) mass is 209 g/mol. The van der Waals surface area contributed by atoms with Crippen LogP contribution in [-0.2, 0) is 7.05 Å². The van der Waals surface area contributed by atoms with E-state index in [2.05, 4.69) is 30.3 Å². The van der Waals surface area contributed by atoms with Crippen molar-refractivity contribution in [1.82, 2.24) is 15.1 Å². The summed E-state index contributed by atoms with van der Waals surface area (Å²) < 4.78 is 1.88. The van der Waals surface area contributed by atoms with Gasteiger partial charge in [0.2, 0.25) is 0 Å². The topological polar surface area (TPSA) is 50.1 Å². The first-order valence-corrected chi connectivity index (χ1v) is 5.55. The zero-order chi connectivity index (χ0) is 11.0. The van der Waals surface area contributed by atoms with E-state index in [1.807, 2.05) is 11.7 Å². The fourth-order valence-electron chi connectivity index (χ4n) is 2.07. The normalized spacial score (nSPS) is 26.5. The van der Waals surface area contributed by atoms with E-state index in [0.717, 1.165) is 24.4 Å². The van der Waals surface area contributed by atoms with E-state index in [0.29, 0.717) is 5.92 Å². The molecule has 1 saturated heterocycles. The van der Waals surface area contributed by atoms with Crippen molar-refractivity contribution in [2.24, 2.45) is 7.05 Å². The van der Waals surface area contributed by atoms with Crippen LogP contribution in [0.15, 0.2) is 6.07 Å². The number of aliphatic hydroxyl groups is 1. The average Bonchev–Trinajstić information content (AvgIpc) is 2.71. The Morgan fingerprint density at radius 2 is 2.33 bits per heavy atom. The van der Waals surface area contributed by atoms with Gasteiger partial charge in [0.15, 0.2) is 0 Å². The van der Waals surface area contributed by atoms with Crippen LogP contribution in [0.4, 0.5) is 0 Å². The maximum Gasteiger partial charge on any atom is 0.0762 e. The van der Waals surface area contributed by atoms with Crippen LogP contribution in [0.1, 0.15) is 43.6 Å². The van der Waals surface area contributed by atoms with E-state index < -0.39 is 0 Å². The summed E-state index contributed by atoms with van der Waals surface area (Å²) >= 11 is 0. The van der Waals surface area contributed by atoms with Crippen molar-refractivity contribution >= 4 is 0 Å². The second-order valence-electron chi connectivity index (χ2n) is 4.56. The van der Waals surface area contributed by atoms with Crippen molar-refractivity contribution in [2.45, 2.75) is 38.3 Å². The summed E-state index contributed by atoms with van der Waals surface area (Å²) in [6.45, 7) is 5.14. The quantitative estimate of drug-likeness (QED) is 0.762. The number of nitrogens with one attached hydrogen (secondary N) is 1. The lowest BCUT2D eigenvalue weighted by Crippen LogP contribution is -2.23. The predicted molar refractivity (Wildman–Crippen MR) is 58.7 cm³/mol. The molecule has 0 bridgehead atoms. The lowest BCUT2D eigenvalue weighted by molar-refractivity contribution is 0.156. The summed E-state index contributed by atoms with van der Waals surface area (Å²) in [5.74, 6) is 0.434. The number of aryl methyl sites for hydroxylation is 1. The van der Waals surface area contributed by atoms with Gasteiger partial charge in [-0.2, -0.15) is 5.10 Å². The fraction of sp³-hybridized carbons (Fsp3) is 0.727. The molecule has 4 heteroatoms. The highest BCUT2D eigenvalue weighted by molar-refractivity contribution is 5.18. The first-order chi connectivity index (χ1) is 7.09. The third kappa shape index (κ3) is 1.92. The maximum atomic E-state index is 9.81. The average molecular weight is 209 g/mol. The molecule has 84 valence electrons. The Morgan fingerprint density at radius 1 is 1.60 bits per heavy atom. The second-order valence-corrected chi connectivity index (χ2v) is 4.56. The second kappa shape index (κ2) is 3.94. The summed E-state index contributed by atoms with van der Waals surface area (Å²) in [5, 5.41) is 17.6. The van der Waals surface area contributed by atoms with Crippen molar-refractivity contribution in [3.8, 4) is 0 Å². The zero-order valence-corrected chi connectivity index (χ0v) is 9.57. The molecule has 2 heterocycles. The third-order valence-corrected chi connectivity index (χ3v) is 3.03. The third-order valence-electron chi connectivity index (χ3n) is 3.03. The van der Waals surface area contributed by atoms with Gasteiger partial charge in [-0.05, 0) is 24.9 Å². The van der Waals surface area contributed by atoms with Gasteiger partial charge in [-0.3, -0.25) is 4.68 Å². The molecule has 2 atom stereocenters. The highest BCUT2D eigenvalue weighted by Gasteiger charge is 2.29. The molecule has 0 radical (unpaired) electrons. The minimum Gasteiger partial charge on any atom is -0.391 e. The molecule has 2 unspecified atom stereocenters. The van der Waals surface area contributed by atoms with Crippen LogP contribution in [0, 0.1) is 0 Å². The van der Waals surface area contributed by atoms with E-state index in [1.165, 1.54) is 0 Å². The van der Waals surface area contributed by atoms with E-state index in [9.17, 15) is 5.11 Å². The molecule has 2 rings (SSSR count). The Bertz CT molecular complexity index is 346. The summed E-state index contributed by atoms with van der Waals surface area (Å²) in [4.78, 5) is 0. The minimum atomic E-state index is -0.277. The zero-order valence-electron chi connectivity index (χ0n) is 9.57. The SMILES string of the molecule is CC(C)c1cc(C2NCCC2O)n(C)n1. The molecule has 1 aromatic rings. The van der Waals surface area contributed by atoms with Gasteiger partial charge >= 0.3 is 0 Å². The number of aliphatic hydroxyl groups excluding tert-OH is 1. The number of aromatic nitrogens is 2. The molecule has 0 aromatic carbocycles. The van der Waals surface area contributed by atoms with Gasteiger partial charge in [0.1, 0.15) is 0 Å². The number of nitrogens with zero attached hydrogens (tertiary/aromatic N) is 2. The van der Waals surface area contributed by atoms with Gasteiger partial charge in [-0.1, -0.05) is 13.8 Å². The molecule has 0 amide bonds. The molecule has 4 nitrogen and oxygen atoms in total. The molecule has 0 aliphatic carbocycles. The first-order valence-electron chi connectivity index (χ1n) is 5.55. The highest BCUT2D eigenvalue weighted by atomic mass is 16.3. The van der Waals surface area contributed by atoms with Crippen molar-refractivity contribution in [3.05, 3.63) is 17.5 Å². The summed E-state index contributed by atoms with van der Waals surface area (Å²) in [7, 11) is 1.94. The molecule has 0 saturated carbocycles. The van der Waals surface area contributed by atoms with Crippen LogP contribution in [0.5, 0.6) is 0 Å². The predicted octanol–water partition coefficient (Wildman–Crippen LogP) is 0.939. The van der Waals surface area contributed by atoms with E-state index in [-0.39, 0.29) is 12.1 Å². The van der Waals surface area contributed by atoms with Crippen molar-refractivity contribution in [2.75, 3.05) is 6.54 Å². The number of hydrogen-bond acceptors (Lipinski definition) is 3. The molecule has 1 aliphatic rings. The number of rotatable bonds is 2. The van der Waals surface area contributed by atoms with Gasteiger partial charge in [0.05, 0.1) is 23.5 Å². The lowest BCUT2D eigenvalue weighted by atomic mass is 10.1. The Labute approximate surface area is 90.3 Å². The van der Waals surface area contributed by atoms with Crippen LogP contribution in [-0.4, -0.2) is 27.5 Å².